The second-order valence-corrected chi connectivity index (χ2v) is 14.1. The normalized spacial score (nSPS) is 17.8. The number of ether oxygens (including phenoxy) is 1. The number of rotatable bonds is 8. The molecule has 2 atom stereocenters. The first-order valence-corrected chi connectivity index (χ1v) is 17.6. The number of thiophene rings is 1. The predicted octanol–water partition coefficient (Wildman–Crippen LogP) is 8.18. The molecule has 1 N–H and O–H groups in total. The largest absolute Gasteiger partial charge is 0.493 e. The number of hydrogen-bond donors (Lipinski definition) is 1. The maximum Gasteiger partial charge on any atom is 0.257 e. The van der Waals surface area contributed by atoms with Crippen LogP contribution >= 0.6 is 11.3 Å². The predicted molar refractivity (Wildman–Crippen MR) is 185 cm³/mol. The Morgan fingerprint density at radius 1 is 1.04 bits per heavy atom. The van der Waals surface area contributed by atoms with Crippen LogP contribution in [0.1, 0.15) is 75.7 Å². The van der Waals surface area contributed by atoms with Gasteiger partial charge in [-0.1, -0.05) is 18.2 Å². The molecule has 4 aromatic heterocycles. The van der Waals surface area contributed by atoms with Crippen LogP contribution in [-0.4, -0.2) is 44.6 Å². The van der Waals surface area contributed by atoms with E-state index < -0.39 is 0 Å². The lowest BCUT2D eigenvalue weighted by Gasteiger charge is -2.17. The zero-order chi connectivity index (χ0) is 34.1. The highest BCUT2D eigenvalue weighted by atomic mass is 32.1. The van der Waals surface area contributed by atoms with Crippen molar-refractivity contribution in [3.8, 4) is 27.6 Å². The summed E-state index contributed by atoms with van der Waals surface area (Å²) in [6, 6.07) is 13.6. The highest BCUT2D eigenvalue weighted by Crippen LogP contribution is 2.51. The number of methoxy groups -OCH3 is 1. The van der Waals surface area contributed by atoms with Crippen molar-refractivity contribution in [1.29, 1.82) is 0 Å². The lowest BCUT2D eigenvalue weighted by molar-refractivity contribution is 0.0776. The molecule has 0 saturated carbocycles. The Hall–Kier alpha value is -5.23. The quantitative estimate of drug-likeness (QED) is 0.171. The maximum atomic E-state index is 14.5. The number of nitrogens with one attached hydrogen (secondary N) is 1. The van der Waals surface area contributed by atoms with E-state index in [-0.39, 0.29) is 29.6 Å². The van der Waals surface area contributed by atoms with Gasteiger partial charge in [-0.2, -0.15) is 0 Å². The molecule has 2 aromatic carbocycles. The number of carbonyl (C=O) groups is 1. The third-order valence-corrected chi connectivity index (χ3v) is 11.3. The standard InChI is InChI=1S/C38H32F2N6O3S/c1-19-44-45-37(49-19)31-26(13-7-20-5-8-21(39)9-6-20)43-34-29-4-3-17-46(29)38(47)33(34)32(31)30-18-28-36(50-30)27(15-16-41-28)42-25-14-11-23-22(25)10-12-24(40)35(23)48-2/h5-6,8-10,12,15-16,18,25,29H,3-4,7,11,13-14,17H2,1-2H3,(H,41,42)/t25-,29+/m1/s1. The van der Waals surface area contributed by atoms with Crippen molar-refractivity contribution in [2.24, 2.45) is 0 Å². The van der Waals surface area contributed by atoms with Crippen LogP contribution in [0.25, 0.3) is 32.1 Å². The van der Waals surface area contributed by atoms with Gasteiger partial charge in [-0.3, -0.25) is 14.8 Å². The molecule has 9 nitrogen and oxygen atoms in total. The van der Waals surface area contributed by atoms with E-state index in [0.29, 0.717) is 54.5 Å². The zero-order valence-corrected chi connectivity index (χ0v) is 28.2. The molecular formula is C38H32F2N6O3S. The molecule has 6 aromatic rings. The van der Waals surface area contributed by atoms with Crippen molar-refractivity contribution in [3.63, 3.8) is 0 Å². The summed E-state index contributed by atoms with van der Waals surface area (Å²) in [6.07, 6.45) is 6.16. The van der Waals surface area contributed by atoms with E-state index in [2.05, 4.69) is 15.5 Å². The van der Waals surface area contributed by atoms with Crippen molar-refractivity contribution in [2.45, 2.75) is 57.5 Å². The lowest BCUT2D eigenvalue weighted by atomic mass is 9.93. The van der Waals surface area contributed by atoms with Gasteiger partial charge in [-0.25, -0.2) is 8.78 Å². The summed E-state index contributed by atoms with van der Waals surface area (Å²) < 4.78 is 40.6. The molecule has 12 heteroatoms. The SMILES string of the molecule is COc1c(F)ccc2c1CC[C@H]2Nc1ccnc2cc(-c3c4c(nc(CCc5ccc(F)cc5)c3-c3nnc(C)o3)[C@@H]3CCCN3C4=O)sc12. The molecule has 1 aliphatic carbocycles. The van der Waals surface area contributed by atoms with Gasteiger partial charge >= 0.3 is 0 Å². The average Bonchev–Trinajstić information content (AvgIpc) is 3.96. The second-order valence-electron chi connectivity index (χ2n) is 13.0. The minimum atomic E-state index is -0.356. The molecule has 6 heterocycles. The fourth-order valence-corrected chi connectivity index (χ4v) is 9.04. The fourth-order valence-electron chi connectivity index (χ4n) is 7.90. The summed E-state index contributed by atoms with van der Waals surface area (Å²) >= 11 is 1.55. The smallest absolute Gasteiger partial charge is 0.257 e. The van der Waals surface area contributed by atoms with Crippen LogP contribution in [0, 0.1) is 18.6 Å². The average molecular weight is 691 g/mol. The van der Waals surface area contributed by atoms with Gasteiger partial charge in [-0.05, 0) is 80.0 Å². The first kappa shape index (κ1) is 30.8. The van der Waals surface area contributed by atoms with Gasteiger partial charge in [0.05, 0.1) is 57.6 Å². The number of anilines is 1. The summed E-state index contributed by atoms with van der Waals surface area (Å²) in [7, 11) is 1.50. The van der Waals surface area contributed by atoms with Crippen molar-refractivity contribution >= 4 is 33.1 Å². The minimum Gasteiger partial charge on any atom is -0.493 e. The van der Waals surface area contributed by atoms with E-state index in [1.54, 1.807) is 36.6 Å². The van der Waals surface area contributed by atoms with Gasteiger partial charge in [0.15, 0.2) is 11.6 Å². The van der Waals surface area contributed by atoms with Crippen LogP contribution in [0.3, 0.4) is 0 Å². The molecule has 1 saturated heterocycles. The summed E-state index contributed by atoms with van der Waals surface area (Å²) in [4.78, 5) is 26.9. The maximum absolute atomic E-state index is 14.5. The van der Waals surface area contributed by atoms with Gasteiger partial charge in [0.2, 0.25) is 11.8 Å². The monoisotopic (exact) mass is 690 g/mol. The van der Waals surface area contributed by atoms with Gasteiger partial charge in [-0.15, -0.1) is 21.5 Å². The van der Waals surface area contributed by atoms with Crippen LogP contribution in [0.4, 0.5) is 14.5 Å². The second kappa shape index (κ2) is 12.0. The first-order chi connectivity index (χ1) is 24.4. The molecule has 1 fully saturated rings. The number of carbonyl (C=O) groups excluding carboxylic acids is 1. The summed E-state index contributed by atoms with van der Waals surface area (Å²) in [5.74, 6) is 0.327. The summed E-state index contributed by atoms with van der Waals surface area (Å²) in [5.41, 5.74) is 8.03. The van der Waals surface area contributed by atoms with E-state index in [4.69, 9.17) is 19.1 Å². The molecule has 0 unspecified atom stereocenters. The van der Waals surface area contributed by atoms with Crippen molar-refractivity contribution < 1.29 is 22.7 Å². The highest BCUT2D eigenvalue weighted by Gasteiger charge is 2.45. The third-order valence-electron chi connectivity index (χ3n) is 10.1. The Morgan fingerprint density at radius 2 is 1.90 bits per heavy atom. The van der Waals surface area contributed by atoms with Crippen molar-refractivity contribution in [1.82, 2.24) is 25.1 Å². The molecule has 0 radical (unpaired) electrons. The Labute approximate surface area is 290 Å². The Bertz CT molecular complexity index is 2320. The van der Waals surface area contributed by atoms with Crippen molar-refractivity contribution in [2.75, 3.05) is 19.0 Å². The first-order valence-electron chi connectivity index (χ1n) is 16.8. The summed E-state index contributed by atoms with van der Waals surface area (Å²) in [5, 5.41) is 12.3. The number of hydrogen-bond acceptors (Lipinski definition) is 9. The molecule has 3 aliphatic rings. The van der Waals surface area contributed by atoms with E-state index in [9.17, 15) is 13.6 Å². The Kier molecular flexibility index (Phi) is 7.38. The molecule has 0 spiro atoms. The number of aryl methyl sites for hydroxylation is 3. The molecule has 50 heavy (non-hydrogen) atoms. The van der Waals surface area contributed by atoms with E-state index in [1.165, 1.54) is 25.3 Å². The van der Waals surface area contributed by atoms with E-state index in [1.807, 2.05) is 23.1 Å². The minimum absolute atomic E-state index is 0.0374. The number of benzene rings is 2. The number of halogens is 2. The van der Waals surface area contributed by atoms with Gasteiger partial charge in [0.25, 0.3) is 5.91 Å². The van der Waals surface area contributed by atoms with Crippen LogP contribution in [0.2, 0.25) is 0 Å². The number of fused-ring (bicyclic) bond motifs is 5. The van der Waals surface area contributed by atoms with Crippen molar-refractivity contribution in [3.05, 3.63) is 106 Å². The van der Waals surface area contributed by atoms with Crippen LogP contribution in [0.15, 0.2) is 59.1 Å². The molecular weight excluding hydrogens is 659 g/mol. The van der Waals surface area contributed by atoms with Gasteiger partial charge in [0.1, 0.15) is 5.82 Å². The number of nitrogens with zero attached hydrogens (tertiary/aromatic N) is 5. The number of pyridine rings is 2. The Morgan fingerprint density at radius 3 is 2.70 bits per heavy atom. The number of amides is 1. The lowest BCUT2D eigenvalue weighted by Crippen LogP contribution is -2.22. The number of aromatic nitrogens is 4. The van der Waals surface area contributed by atoms with E-state index >= 15 is 0 Å². The molecule has 1 amide bonds. The van der Waals surface area contributed by atoms with Gasteiger partial charge < -0.3 is 19.4 Å². The van der Waals surface area contributed by atoms with Crippen LogP contribution < -0.4 is 10.1 Å². The van der Waals surface area contributed by atoms with E-state index in [0.717, 1.165) is 73.7 Å². The topological polar surface area (TPSA) is 106 Å². The Balaban J connectivity index is 1.20. The van der Waals surface area contributed by atoms with Crippen LogP contribution in [0.5, 0.6) is 5.75 Å². The van der Waals surface area contributed by atoms with Crippen LogP contribution in [-0.2, 0) is 19.3 Å². The molecule has 2 aliphatic heterocycles. The fraction of sp³-hybridized carbons (Fsp3) is 0.289. The third kappa shape index (κ3) is 4.95. The highest BCUT2D eigenvalue weighted by molar-refractivity contribution is 7.22. The molecule has 252 valence electrons. The van der Waals surface area contributed by atoms with Gasteiger partial charge in [0, 0.05) is 35.7 Å². The molecule has 9 rings (SSSR count). The zero-order valence-electron chi connectivity index (χ0n) is 27.4. The summed E-state index contributed by atoms with van der Waals surface area (Å²) in [6.45, 7) is 2.42. The molecule has 0 bridgehead atoms.